The molecule has 0 aliphatic carbocycles. The maximum atomic E-state index is 13.9. The van der Waals surface area contributed by atoms with E-state index in [0.717, 1.165) is 16.7 Å². The molecular formula is C14H14FN. The molecule has 2 aromatic carbocycles. The van der Waals surface area contributed by atoms with E-state index in [4.69, 9.17) is 5.73 Å². The molecule has 0 bridgehead atoms. The third-order valence-corrected chi connectivity index (χ3v) is 2.61. The second-order valence-electron chi connectivity index (χ2n) is 4.06. The van der Waals surface area contributed by atoms with E-state index in [1.165, 1.54) is 0 Å². The number of halogens is 1. The molecule has 0 saturated carbocycles. The standard InChI is InChI=1S/C14H14FN/c1-9-6-10(2)14(13(15)7-9)11-4-3-5-12(16)8-11/h3-8H,16H2,1-2H3. The highest BCUT2D eigenvalue weighted by Crippen LogP contribution is 2.28. The summed E-state index contributed by atoms with van der Waals surface area (Å²) in [6, 6.07) is 10.8. The fraction of sp³-hybridized carbons (Fsp3) is 0.143. The zero-order chi connectivity index (χ0) is 11.7. The van der Waals surface area contributed by atoms with Crippen molar-refractivity contribution < 1.29 is 4.39 Å². The highest BCUT2D eigenvalue weighted by Gasteiger charge is 2.09. The highest BCUT2D eigenvalue weighted by molar-refractivity contribution is 5.71. The molecular weight excluding hydrogens is 201 g/mol. The number of aryl methyl sites for hydroxylation is 2. The van der Waals surface area contributed by atoms with Gasteiger partial charge < -0.3 is 5.73 Å². The highest BCUT2D eigenvalue weighted by atomic mass is 19.1. The number of hydrogen-bond donors (Lipinski definition) is 1. The first kappa shape index (κ1) is 10.7. The summed E-state index contributed by atoms with van der Waals surface area (Å²) in [7, 11) is 0. The van der Waals surface area contributed by atoms with Crippen LogP contribution >= 0.6 is 0 Å². The maximum Gasteiger partial charge on any atom is 0.131 e. The van der Waals surface area contributed by atoms with Crippen LogP contribution in [0.3, 0.4) is 0 Å². The van der Waals surface area contributed by atoms with Crippen molar-refractivity contribution in [3.8, 4) is 11.1 Å². The lowest BCUT2D eigenvalue weighted by atomic mass is 9.98. The first-order chi connectivity index (χ1) is 7.58. The van der Waals surface area contributed by atoms with Gasteiger partial charge in [0.25, 0.3) is 0 Å². The van der Waals surface area contributed by atoms with E-state index in [-0.39, 0.29) is 5.82 Å². The molecule has 0 aliphatic rings. The van der Waals surface area contributed by atoms with Crippen LogP contribution in [0.15, 0.2) is 36.4 Å². The molecule has 0 amide bonds. The summed E-state index contributed by atoms with van der Waals surface area (Å²) in [6.45, 7) is 3.80. The maximum absolute atomic E-state index is 13.9. The van der Waals surface area contributed by atoms with E-state index < -0.39 is 0 Å². The van der Waals surface area contributed by atoms with E-state index in [2.05, 4.69) is 0 Å². The Morgan fingerprint density at radius 3 is 2.44 bits per heavy atom. The third kappa shape index (κ3) is 1.91. The molecule has 0 spiro atoms. The van der Waals surface area contributed by atoms with E-state index in [9.17, 15) is 4.39 Å². The second-order valence-corrected chi connectivity index (χ2v) is 4.06. The van der Waals surface area contributed by atoms with Crippen molar-refractivity contribution in [3.63, 3.8) is 0 Å². The fourth-order valence-electron chi connectivity index (χ4n) is 1.98. The Kier molecular flexibility index (Phi) is 2.65. The molecule has 2 aromatic rings. The zero-order valence-electron chi connectivity index (χ0n) is 9.42. The summed E-state index contributed by atoms with van der Waals surface area (Å²) in [6.07, 6.45) is 0. The molecule has 0 saturated heterocycles. The molecule has 2 rings (SSSR count). The minimum absolute atomic E-state index is 0.192. The Morgan fingerprint density at radius 1 is 1.06 bits per heavy atom. The third-order valence-electron chi connectivity index (χ3n) is 2.61. The predicted octanol–water partition coefficient (Wildman–Crippen LogP) is 3.69. The zero-order valence-corrected chi connectivity index (χ0v) is 9.42. The van der Waals surface area contributed by atoms with Gasteiger partial charge in [-0.2, -0.15) is 0 Å². The number of benzene rings is 2. The number of rotatable bonds is 1. The van der Waals surface area contributed by atoms with E-state index in [1.54, 1.807) is 18.2 Å². The van der Waals surface area contributed by atoms with E-state index in [0.29, 0.717) is 11.3 Å². The number of hydrogen-bond acceptors (Lipinski definition) is 1. The van der Waals surface area contributed by atoms with Crippen molar-refractivity contribution >= 4 is 5.69 Å². The molecule has 82 valence electrons. The van der Waals surface area contributed by atoms with Gasteiger partial charge in [0, 0.05) is 11.3 Å². The predicted molar refractivity (Wildman–Crippen MR) is 65.7 cm³/mol. The molecule has 0 atom stereocenters. The Bertz CT molecular complexity index is 509. The van der Waals surface area contributed by atoms with Gasteiger partial charge in [-0.25, -0.2) is 4.39 Å². The van der Waals surface area contributed by atoms with Crippen LogP contribution in [0.2, 0.25) is 0 Å². The topological polar surface area (TPSA) is 26.0 Å². The van der Waals surface area contributed by atoms with Gasteiger partial charge in [0.1, 0.15) is 5.82 Å². The van der Waals surface area contributed by atoms with Crippen LogP contribution in [-0.2, 0) is 0 Å². The van der Waals surface area contributed by atoms with Crippen molar-refractivity contribution in [2.24, 2.45) is 0 Å². The van der Waals surface area contributed by atoms with Gasteiger partial charge in [0.15, 0.2) is 0 Å². The summed E-state index contributed by atoms with van der Waals surface area (Å²) in [5.74, 6) is -0.192. The second kappa shape index (κ2) is 3.97. The minimum Gasteiger partial charge on any atom is -0.399 e. The van der Waals surface area contributed by atoms with Crippen molar-refractivity contribution in [2.75, 3.05) is 5.73 Å². The lowest BCUT2D eigenvalue weighted by Crippen LogP contribution is -1.92. The first-order valence-electron chi connectivity index (χ1n) is 5.20. The van der Waals surface area contributed by atoms with Gasteiger partial charge in [0.05, 0.1) is 0 Å². The first-order valence-corrected chi connectivity index (χ1v) is 5.20. The Labute approximate surface area is 94.7 Å². The van der Waals surface area contributed by atoms with Crippen LogP contribution in [0.4, 0.5) is 10.1 Å². The molecule has 0 radical (unpaired) electrons. The van der Waals surface area contributed by atoms with Crippen LogP contribution < -0.4 is 5.73 Å². The van der Waals surface area contributed by atoms with Crippen LogP contribution in [0, 0.1) is 19.7 Å². The molecule has 0 heterocycles. The molecule has 1 nitrogen and oxygen atoms in total. The SMILES string of the molecule is Cc1cc(C)c(-c2cccc(N)c2)c(F)c1. The van der Waals surface area contributed by atoms with Crippen molar-refractivity contribution in [3.05, 3.63) is 53.3 Å². The van der Waals surface area contributed by atoms with Crippen molar-refractivity contribution in [1.29, 1.82) is 0 Å². The monoisotopic (exact) mass is 215 g/mol. The van der Waals surface area contributed by atoms with Crippen molar-refractivity contribution in [2.45, 2.75) is 13.8 Å². The van der Waals surface area contributed by atoms with Crippen LogP contribution in [0.1, 0.15) is 11.1 Å². The van der Waals surface area contributed by atoms with Crippen LogP contribution in [0.5, 0.6) is 0 Å². The normalized spacial score (nSPS) is 10.4. The summed E-state index contributed by atoms with van der Waals surface area (Å²) in [5.41, 5.74) is 9.69. The number of anilines is 1. The molecule has 0 aromatic heterocycles. The lowest BCUT2D eigenvalue weighted by molar-refractivity contribution is 0.629. The lowest BCUT2D eigenvalue weighted by Gasteiger charge is -2.09. The fourth-order valence-corrected chi connectivity index (χ4v) is 1.98. The number of nitrogens with two attached hydrogens (primary N) is 1. The summed E-state index contributed by atoms with van der Waals surface area (Å²) < 4.78 is 13.9. The van der Waals surface area contributed by atoms with Gasteiger partial charge in [-0.1, -0.05) is 18.2 Å². The van der Waals surface area contributed by atoms with Gasteiger partial charge in [-0.3, -0.25) is 0 Å². The average Bonchev–Trinajstić information content (AvgIpc) is 2.15. The van der Waals surface area contributed by atoms with Crippen molar-refractivity contribution in [1.82, 2.24) is 0 Å². The van der Waals surface area contributed by atoms with Gasteiger partial charge >= 0.3 is 0 Å². The molecule has 2 N–H and O–H groups in total. The molecule has 2 heteroatoms. The summed E-state index contributed by atoms with van der Waals surface area (Å²) in [5, 5.41) is 0. The van der Waals surface area contributed by atoms with E-state index in [1.807, 2.05) is 32.0 Å². The van der Waals surface area contributed by atoms with Crippen LogP contribution in [0.25, 0.3) is 11.1 Å². The average molecular weight is 215 g/mol. The van der Waals surface area contributed by atoms with Gasteiger partial charge in [-0.05, 0) is 48.7 Å². The quantitative estimate of drug-likeness (QED) is 0.721. The summed E-state index contributed by atoms with van der Waals surface area (Å²) >= 11 is 0. The Balaban J connectivity index is 2.64. The minimum atomic E-state index is -0.192. The Morgan fingerprint density at radius 2 is 1.81 bits per heavy atom. The van der Waals surface area contributed by atoms with E-state index >= 15 is 0 Å². The molecule has 0 fully saturated rings. The van der Waals surface area contributed by atoms with Gasteiger partial charge in [0.2, 0.25) is 0 Å². The van der Waals surface area contributed by atoms with Gasteiger partial charge in [-0.15, -0.1) is 0 Å². The molecule has 16 heavy (non-hydrogen) atoms. The summed E-state index contributed by atoms with van der Waals surface area (Å²) in [4.78, 5) is 0. The number of nitrogen functional groups attached to an aromatic ring is 1. The van der Waals surface area contributed by atoms with Crippen LogP contribution in [-0.4, -0.2) is 0 Å². The molecule has 0 unspecified atom stereocenters. The molecule has 0 aliphatic heterocycles. The Hall–Kier alpha value is -1.83. The smallest absolute Gasteiger partial charge is 0.131 e. The largest absolute Gasteiger partial charge is 0.399 e.